The molecular formula is C47H29N3. The first kappa shape index (κ1) is 16.1. The number of hydrogen-bond acceptors (Lipinski definition) is 3. The lowest BCUT2D eigenvalue weighted by atomic mass is 9.85. The zero-order valence-electron chi connectivity index (χ0n) is 42.8. The summed E-state index contributed by atoms with van der Waals surface area (Å²) in [6.07, 6.45) is 1.67. The van der Waals surface area contributed by atoms with E-state index in [2.05, 4.69) is 15.0 Å². The highest BCUT2D eigenvalue weighted by atomic mass is 14.8. The summed E-state index contributed by atoms with van der Waals surface area (Å²) in [6.45, 7) is 0. The minimum atomic E-state index is -0.747. The average Bonchev–Trinajstić information content (AvgIpc) is 3.33. The van der Waals surface area contributed by atoms with E-state index in [4.69, 9.17) is 15.1 Å². The van der Waals surface area contributed by atoms with E-state index in [-0.39, 0.29) is 16.3 Å². The third-order valence-electron chi connectivity index (χ3n) is 8.65. The van der Waals surface area contributed by atoms with Crippen LogP contribution in [0.3, 0.4) is 0 Å². The molecule has 3 nitrogen and oxygen atoms in total. The molecule has 10 aromatic rings. The van der Waals surface area contributed by atoms with Gasteiger partial charge in [0.05, 0.1) is 51.4 Å². The Morgan fingerprint density at radius 3 is 1.54 bits per heavy atom. The van der Waals surface area contributed by atoms with Gasteiger partial charge < -0.3 is 0 Å². The van der Waals surface area contributed by atoms with Gasteiger partial charge in [-0.2, -0.15) is 0 Å². The number of nitrogens with zero attached hydrogens (tertiary/aromatic N) is 3. The first-order valence-electron chi connectivity index (χ1n) is 24.1. The SMILES string of the molecule is [2H]c1c([2H])c([2H])c(-c2nc3c(c([2H])c2[2H])c([2H])c([2H])c2c([2H])c([2H])c(-c4c([2H])c([2H])c(-c5c6ccccc6c(-c6ccccn6)c6ccccc56)c5c([2H])c([2H])c([2H])c([2H])c45)nc23)c([2H])c1[2H]. The normalized spacial score (nSPS) is 16.4. The van der Waals surface area contributed by atoms with Crippen LogP contribution in [0.2, 0.25) is 0 Å². The Labute approximate surface area is 313 Å². The Bertz CT molecular complexity index is 3810. The van der Waals surface area contributed by atoms with Crippen LogP contribution in [0, 0.1) is 0 Å². The van der Waals surface area contributed by atoms with Gasteiger partial charge in [0.2, 0.25) is 0 Å². The number of hydrogen-bond donors (Lipinski definition) is 0. The average molecular weight is 653 g/mol. The predicted octanol–water partition coefficient (Wildman–Crippen LogP) is 12.3. The van der Waals surface area contributed by atoms with Crippen molar-refractivity contribution in [1.29, 1.82) is 0 Å². The number of benzene rings is 7. The largest absolute Gasteiger partial charge is 0.256 e. The lowest BCUT2D eigenvalue weighted by molar-refractivity contribution is 1.34. The van der Waals surface area contributed by atoms with Crippen LogP contribution >= 0.6 is 0 Å². The molecule has 232 valence electrons. The van der Waals surface area contributed by atoms with E-state index in [1.165, 1.54) is 0 Å². The maximum absolute atomic E-state index is 9.83. The predicted molar refractivity (Wildman–Crippen MR) is 209 cm³/mol. The van der Waals surface area contributed by atoms with E-state index >= 15 is 0 Å². The van der Waals surface area contributed by atoms with E-state index in [9.17, 15) is 8.22 Å². The lowest BCUT2D eigenvalue weighted by Crippen LogP contribution is -1.94. The fraction of sp³-hybridized carbons (Fsp3) is 0. The maximum Gasteiger partial charge on any atom is 0.0972 e. The Morgan fingerprint density at radius 2 is 0.900 bits per heavy atom. The minimum absolute atomic E-state index is 0.0152. The standard InChI is InChI=1S/C47H29N3/c1-2-12-30(13-3-1)41-27-23-31-21-22-32-24-28-42(50-47(32)46(31)49-41)35-25-26-40(34-15-5-4-14-33(34)35)44-36-16-6-8-18-38(36)45(43-20-10-11-29-48-43)39-19-9-7-17-37(39)44/h1-29H/i1D,2D,3D,4D,5D,12D,13D,14D,15D,21D,22D,23D,24D,25D,26D,27D,28D. The molecule has 3 aromatic heterocycles. The molecule has 3 heteroatoms. The number of aromatic nitrogens is 3. The molecule has 0 saturated heterocycles. The van der Waals surface area contributed by atoms with Gasteiger partial charge >= 0.3 is 0 Å². The summed E-state index contributed by atoms with van der Waals surface area (Å²) in [7, 11) is 0. The fourth-order valence-electron chi connectivity index (χ4n) is 6.49. The zero-order valence-corrected chi connectivity index (χ0v) is 25.8. The van der Waals surface area contributed by atoms with E-state index in [1.807, 2.05) is 48.5 Å². The number of rotatable bonds is 4. The molecule has 0 bridgehead atoms. The van der Waals surface area contributed by atoms with Crippen molar-refractivity contribution in [3.63, 3.8) is 0 Å². The van der Waals surface area contributed by atoms with Crippen molar-refractivity contribution in [1.82, 2.24) is 15.0 Å². The van der Waals surface area contributed by atoms with Gasteiger partial charge in [-0.1, -0.05) is 145 Å². The first-order valence-corrected chi connectivity index (χ1v) is 15.6. The maximum atomic E-state index is 9.83. The molecule has 7 aromatic carbocycles. The monoisotopic (exact) mass is 652 g/mol. The van der Waals surface area contributed by atoms with Crippen LogP contribution in [0.1, 0.15) is 23.3 Å². The molecule has 0 N–H and O–H groups in total. The lowest BCUT2D eigenvalue weighted by Gasteiger charge is -2.19. The third kappa shape index (κ3) is 4.48. The molecular weight excluding hydrogens is 607 g/mol. The van der Waals surface area contributed by atoms with Crippen LogP contribution in [0.25, 0.3) is 99.0 Å². The van der Waals surface area contributed by atoms with Crippen molar-refractivity contribution in [2.45, 2.75) is 0 Å². The van der Waals surface area contributed by atoms with E-state index < -0.39 is 147 Å². The van der Waals surface area contributed by atoms with Gasteiger partial charge in [-0.05, 0) is 67.7 Å². The van der Waals surface area contributed by atoms with Crippen LogP contribution in [0.5, 0.6) is 0 Å². The molecule has 0 aliphatic heterocycles. The second-order valence-corrected chi connectivity index (χ2v) is 11.4. The topological polar surface area (TPSA) is 38.7 Å². The van der Waals surface area contributed by atoms with Gasteiger partial charge in [-0.25, -0.2) is 9.97 Å². The quantitative estimate of drug-likeness (QED) is 0.140. The molecule has 0 unspecified atom stereocenters. The van der Waals surface area contributed by atoms with Crippen molar-refractivity contribution in [3.05, 3.63) is 176 Å². The van der Waals surface area contributed by atoms with Gasteiger partial charge in [0, 0.05) is 33.7 Å². The van der Waals surface area contributed by atoms with E-state index in [0.29, 0.717) is 32.8 Å². The highest BCUT2D eigenvalue weighted by Gasteiger charge is 2.19. The summed E-state index contributed by atoms with van der Waals surface area (Å²) in [4.78, 5) is 13.8. The number of fused-ring (bicyclic) bond motifs is 6. The summed E-state index contributed by atoms with van der Waals surface area (Å²) in [6, 6.07) is 8.49. The Kier molecular flexibility index (Phi) is 3.70. The van der Waals surface area contributed by atoms with E-state index in [0.717, 1.165) is 5.56 Å². The Morgan fingerprint density at radius 1 is 0.380 bits per heavy atom. The molecule has 3 heterocycles. The molecule has 10 rings (SSSR count). The second kappa shape index (κ2) is 11.5. The summed E-state index contributed by atoms with van der Waals surface area (Å²) < 4.78 is 152. The summed E-state index contributed by atoms with van der Waals surface area (Å²) in [5.74, 6) is 0. The van der Waals surface area contributed by atoms with Gasteiger partial charge in [-0.3, -0.25) is 4.98 Å². The van der Waals surface area contributed by atoms with E-state index in [1.54, 1.807) is 24.4 Å². The fourth-order valence-corrected chi connectivity index (χ4v) is 6.49. The number of pyridine rings is 3. The van der Waals surface area contributed by atoms with Crippen molar-refractivity contribution in [3.8, 4) is 44.9 Å². The molecule has 0 atom stereocenters. The van der Waals surface area contributed by atoms with Crippen LogP contribution < -0.4 is 0 Å². The molecule has 0 radical (unpaired) electrons. The van der Waals surface area contributed by atoms with Gasteiger partial charge in [-0.15, -0.1) is 0 Å². The van der Waals surface area contributed by atoms with Crippen LogP contribution in [-0.2, 0) is 0 Å². The van der Waals surface area contributed by atoms with Crippen molar-refractivity contribution in [2.75, 3.05) is 0 Å². The van der Waals surface area contributed by atoms with Crippen LogP contribution in [0.4, 0.5) is 0 Å². The highest BCUT2D eigenvalue weighted by molar-refractivity contribution is 6.24. The Hall–Kier alpha value is -6.71. The highest BCUT2D eigenvalue weighted by Crippen LogP contribution is 2.46. The molecule has 0 spiro atoms. The van der Waals surface area contributed by atoms with Gasteiger partial charge in [0.25, 0.3) is 0 Å². The zero-order chi connectivity index (χ0) is 47.8. The summed E-state index contributed by atoms with van der Waals surface area (Å²) in [5, 5.41) is 1.23. The first-order chi connectivity index (χ1) is 31.9. The molecule has 0 saturated carbocycles. The molecule has 0 fully saturated rings. The smallest absolute Gasteiger partial charge is 0.0972 e. The molecule has 0 aliphatic carbocycles. The molecule has 0 amide bonds. The van der Waals surface area contributed by atoms with Crippen molar-refractivity contribution < 1.29 is 23.3 Å². The molecule has 50 heavy (non-hydrogen) atoms. The summed E-state index contributed by atoms with van der Waals surface area (Å²) >= 11 is 0. The molecule has 0 aliphatic rings. The van der Waals surface area contributed by atoms with Gasteiger partial charge in [0.1, 0.15) is 0 Å². The second-order valence-electron chi connectivity index (χ2n) is 11.4. The minimum Gasteiger partial charge on any atom is -0.256 e. The van der Waals surface area contributed by atoms with Crippen LogP contribution in [-0.4, -0.2) is 15.0 Å². The van der Waals surface area contributed by atoms with Crippen LogP contribution in [0.15, 0.2) is 176 Å². The van der Waals surface area contributed by atoms with Gasteiger partial charge in [0.15, 0.2) is 0 Å². The summed E-state index contributed by atoms with van der Waals surface area (Å²) in [5.41, 5.74) is -1.11. The Balaban J connectivity index is 1.38. The van der Waals surface area contributed by atoms with Crippen molar-refractivity contribution in [2.24, 2.45) is 0 Å². The third-order valence-corrected chi connectivity index (χ3v) is 8.65. The van der Waals surface area contributed by atoms with Crippen molar-refractivity contribution >= 4 is 54.1 Å².